The van der Waals surface area contributed by atoms with Gasteiger partial charge in [-0.1, -0.05) is 30.3 Å². The fourth-order valence-electron chi connectivity index (χ4n) is 1.57. The molecule has 0 bridgehead atoms. The van der Waals surface area contributed by atoms with E-state index < -0.39 is 0 Å². The van der Waals surface area contributed by atoms with Gasteiger partial charge in [-0.15, -0.1) is 0 Å². The Bertz CT molecular complexity index is 557. The molecule has 90 valence electrons. The highest BCUT2D eigenvalue weighted by Gasteiger charge is 2.01. The second-order valence-corrected chi connectivity index (χ2v) is 3.86. The van der Waals surface area contributed by atoms with Crippen molar-refractivity contribution in [1.82, 2.24) is 0 Å². The lowest BCUT2D eigenvalue weighted by Crippen LogP contribution is -1.98. The lowest BCUT2D eigenvalue weighted by molar-refractivity contribution is 0.300. The number of nitrogens with zero attached hydrogens (tertiary/aromatic N) is 1. The summed E-state index contributed by atoms with van der Waals surface area (Å²) in [5, 5.41) is 8.55. The molecule has 2 aromatic carbocycles. The number of halogens is 1. The molecule has 0 saturated carbocycles. The molecule has 0 aliphatic heterocycles. The zero-order chi connectivity index (χ0) is 12.8. The van der Waals surface area contributed by atoms with Gasteiger partial charge in [0.05, 0.1) is 12.5 Å². The van der Waals surface area contributed by atoms with Crippen LogP contribution in [0.25, 0.3) is 0 Å². The summed E-state index contributed by atoms with van der Waals surface area (Å²) in [4.78, 5) is 0. The number of hydrogen-bond acceptors (Lipinski definition) is 2. The molecule has 3 heteroatoms. The highest BCUT2D eigenvalue weighted by Crippen LogP contribution is 2.15. The van der Waals surface area contributed by atoms with Gasteiger partial charge in [0, 0.05) is 5.56 Å². The van der Waals surface area contributed by atoms with E-state index in [0.29, 0.717) is 17.7 Å². The SMILES string of the molecule is N#CCc1ccc(OCc2ccccc2F)cc1. The van der Waals surface area contributed by atoms with Crippen LogP contribution in [-0.4, -0.2) is 0 Å². The first kappa shape index (κ1) is 12.1. The van der Waals surface area contributed by atoms with Crippen molar-refractivity contribution in [3.63, 3.8) is 0 Å². The highest BCUT2D eigenvalue weighted by molar-refractivity contribution is 5.29. The first-order valence-electron chi connectivity index (χ1n) is 5.61. The van der Waals surface area contributed by atoms with Crippen LogP contribution in [-0.2, 0) is 13.0 Å². The third-order valence-electron chi connectivity index (χ3n) is 2.56. The van der Waals surface area contributed by atoms with Crippen LogP contribution in [0.1, 0.15) is 11.1 Å². The van der Waals surface area contributed by atoms with E-state index >= 15 is 0 Å². The van der Waals surface area contributed by atoms with Crippen molar-refractivity contribution in [3.8, 4) is 11.8 Å². The summed E-state index contributed by atoms with van der Waals surface area (Å²) >= 11 is 0. The fourth-order valence-corrected chi connectivity index (χ4v) is 1.57. The predicted molar refractivity (Wildman–Crippen MR) is 66.5 cm³/mol. The number of rotatable bonds is 4. The van der Waals surface area contributed by atoms with Crippen molar-refractivity contribution >= 4 is 0 Å². The van der Waals surface area contributed by atoms with E-state index in [1.165, 1.54) is 6.07 Å². The Kier molecular flexibility index (Phi) is 3.93. The minimum atomic E-state index is -0.265. The fraction of sp³-hybridized carbons (Fsp3) is 0.133. The minimum absolute atomic E-state index is 0.199. The smallest absolute Gasteiger partial charge is 0.129 e. The summed E-state index contributed by atoms with van der Waals surface area (Å²) in [6, 6.07) is 15.8. The molecule has 0 spiro atoms. The number of benzene rings is 2. The van der Waals surface area contributed by atoms with Crippen molar-refractivity contribution < 1.29 is 9.13 Å². The topological polar surface area (TPSA) is 33.0 Å². The Labute approximate surface area is 105 Å². The van der Waals surface area contributed by atoms with Crippen LogP contribution in [0.5, 0.6) is 5.75 Å². The standard InChI is InChI=1S/C15H12FNO/c16-15-4-2-1-3-13(15)11-18-14-7-5-12(6-8-14)9-10-17/h1-8H,9,11H2. The van der Waals surface area contributed by atoms with E-state index in [-0.39, 0.29) is 12.4 Å². The van der Waals surface area contributed by atoms with Crippen molar-refractivity contribution in [2.24, 2.45) is 0 Å². The van der Waals surface area contributed by atoms with Gasteiger partial charge in [0.1, 0.15) is 18.2 Å². The van der Waals surface area contributed by atoms with Gasteiger partial charge in [0.25, 0.3) is 0 Å². The average molecular weight is 241 g/mol. The van der Waals surface area contributed by atoms with Gasteiger partial charge < -0.3 is 4.74 Å². The summed E-state index contributed by atoms with van der Waals surface area (Å²) in [5.74, 6) is 0.401. The van der Waals surface area contributed by atoms with E-state index in [1.807, 2.05) is 12.1 Å². The van der Waals surface area contributed by atoms with Crippen LogP contribution in [0.3, 0.4) is 0 Å². The molecule has 0 heterocycles. The number of ether oxygens (including phenoxy) is 1. The third-order valence-corrected chi connectivity index (χ3v) is 2.56. The molecule has 2 rings (SSSR count). The maximum atomic E-state index is 13.3. The largest absolute Gasteiger partial charge is 0.489 e. The van der Waals surface area contributed by atoms with Crippen molar-refractivity contribution in [1.29, 1.82) is 5.26 Å². The van der Waals surface area contributed by atoms with E-state index in [4.69, 9.17) is 10.00 Å². The molecular formula is C15H12FNO. The summed E-state index contributed by atoms with van der Waals surface area (Å²) < 4.78 is 18.8. The molecule has 2 nitrogen and oxygen atoms in total. The first-order valence-corrected chi connectivity index (χ1v) is 5.61. The van der Waals surface area contributed by atoms with Crippen LogP contribution in [0, 0.1) is 17.1 Å². The maximum Gasteiger partial charge on any atom is 0.129 e. The van der Waals surface area contributed by atoms with Crippen molar-refractivity contribution in [2.75, 3.05) is 0 Å². The number of nitriles is 1. The normalized spacial score (nSPS) is 9.78. The third kappa shape index (κ3) is 3.08. The monoisotopic (exact) mass is 241 g/mol. The Hall–Kier alpha value is -2.34. The van der Waals surface area contributed by atoms with E-state index in [9.17, 15) is 4.39 Å². The Morgan fingerprint density at radius 2 is 1.78 bits per heavy atom. The summed E-state index contributed by atoms with van der Waals surface area (Å²) in [6.45, 7) is 0.199. The lowest BCUT2D eigenvalue weighted by atomic mass is 10.1. The van der Waals surface area contributed by atoms with Crippen LogP contribution in [0.4, 0.5) is 4.39 Å². The molecule has 0 aliphatic rings. The maximum absolute atomic E-state index is 13.3. The Morgan fingerprint density at radius 1 is 1.06 bits per heavy atom. The molecule has 2 aromatic rings. The van der Waals surface area contributed by atoms with Gasteiger partial charge in [-0.25, -0.2) is 4.39 Å². The van der Waals surface area contributed by atoms with Crippen LogP contribution in [0.2, 0.25) is 0 Å². The molecule has 0 aromatic heterocycles. The first-order chi connectivity index (χ1) is 8.79. The summed E-state index contributed by atoms with van der Waals surface area (Å²) in [7, 11) is 0. The molecule has 0 N–H and O–H groups in total. The minimum Gasteiger partial charge on any atom is -0.489 e. The van der Waals surface area contributed by atoms with Crippen LogP contribution in [0.15, 0.2) is 48.5 Å². The molecule has 0 aliphatic carbocycles. The molecule has 18 heavy (non-hydrogen) atoms. The quantitative estimate of drug-likeness (QED) is 0.821. The van der Waals surface area contributed by atoms with Gasteiger partial charge in [0.2, 0.25) is 0 Å². The molecule has 0 atom stereocenters. The van der Waals surface area contributed by atoms with Gasteiger partial charge >= 0.3 is 0 Å². The van der Waals surface area contributed by atoms with Gasteiger partial charge in [-0.2, -0.15) is 5.26 Å². The van der Waals surface area contributed by atoms with Crippen molar-refractivity contribution in [3.05, 3.63) is 65.5 Å². The second kappa shape index (κ2) is 5.83. The molecule has 0 unspecified atom stereocenters. The Morgan fingerprint density at radius 3 is 2.44 bits per heavy atom. The zero-order valence-electron chi connectivity index (χ0n) is 9.77. The molecule has 0 saturated heterocycles. The molecular weight excluding hydrogens is 229 g/mol. The van der Waals surface area contributed by atoms with Gasteiger partial charge in [-0.05, 0) is 23.8 Å². The highest BCUT2D eigenvalue weighted by atomic mass is 19.1. The lowest BCUT2D eigenvalue weighted by Gasteiger charge is -2.07. The van der Waals surface area contributed by atoms with E-state index in [1.54, 1.807) is 30.3 Å². The van der Waals surface area contributed by atoms with E-state index in [2.05, 4.69) is 6.07 Å². The van der Waals surface area contributed by atoms with Gasteiger partial charge in [0.15, 0.2) is 0 Å². The molecule has 0 fully saturated rings. The molecule has 0 amide bonds. The Balaban J connectivity index is 1.98. The summed E-state index contributed by atoms with van der Waals surface area (Å²) in [6.07, 6.45) is 0.383. The average Bonchev–Trinajstić information content (AvgIpc) is 2.40. The second-order valence-electron chi connectivity index (χ2n) is 3.86. The van der Waals surface area contributed by atoms with Crippen molar-refractivity contribution in [2.45, 2.75) is 13.0 Å². The summed E-state index contributed by atoms with van der Waals surface area (Å²) in [5.41, 5.74) is 1.47. The van der Waals surface area contributed by atoms with Crippen LogP contribution < -0.4 is 4.74 Å². The zero-order valence-corrected chi connectivity index (χ0v) is 9.77. The molecule has 0 radical (unpaired) electrons. The van der Waals surface area contributed by atoms with Crippen LogP contribution >= 0.6 is 0 Å². The predicted octanol–water partition coefficient (Wildman–Crippen LogP) is 3.47. The van der Waals surface area contributed by atoms with E-state index in [0.717, 1.165) is 5.56 Å². The number of hydrogen-bond donors (Lipinski definition) is 0. The van der Waals surface area contributed by atoms with Gasteiger partial charge in [-0.3, -0.25) is 0 Å².